The number of benzene rings is 2. The minimum absolute atomic E-state index is 0.220. The number of imidazole rings is 1. The van der Waals surface area contributed by atoms with Crippen molar-refractivity contribution in [2.24, 2.45) is 5.92 Å². The van der Waals surface area contributed by atoms with Crippen LogP contribution in [0, 0.1) is 11.9 Å². The fourth-order valence-corrected chi connectivity index (χ4v) is 5.74. The summed E-state index contributed by atoms with van der Waals surface area (Å²) in [5, 5.41) is 0. The van der Waals surface area contributed by atoms with Gasteiger partial charge in [0.1, 0.15) is 5.82 Å². The van der Waals surface area contributed by atoms with E-state index < -0.39 is 5.95 Å². The predicted molar refractivity (Wildman–Crippen MR) is 152 cm³/mol. The first-order chi connectivity index (χ1) is 19.0. The third kappa shape index (κ3) is 6.53. The number of likely N-dealkylation sites (tertiary alicyclic amines) is 1. The lowest BCUT2D eigenvalue weighted by Gasteiger charge is -2.33. The number of methoxy groups -OCH3 is 1. The Labute approximate surface area is 229 Å². The fraction of sp³-hybridized carbons (Fsp3) is 0.406. The van der Waals surface area contributed by atoms with Crippen molar-refractivity contribution in [2.75, 3.05) is 26.8 Å². The van der Waals surface area contributed by atoms with Crippen molar-refractivity contribution in [3.05, 3.63) is 84.2 Å². The lowest BCUT2D eigenvalue weighted by atomic mass is 9.93. The number of para-hydroxylation sites is 2. The molecule has 7 heteroatoms. The summed E-state index contributed by atoms with van der Waals surface area (Å²) in [6.07, 6.45) is 5.78. The van der Waals surface area contributed by atoms with Gasteiger partial charge in [-0.15, -0.1) is 0 Å². The third-order valence-corrected chi connectivity index (χ3v) is 7.67. The molecule has 2 aromatic carbocycles. The maximum absolute atomic E-state index is 13.5. The van der Waals surface area contributed by atoms with Crippen LogP contribution in [-0.4, -0.2) is 52.1 Å². The number of hydrogen-bond donors (Lipinski definition) is 0. The molecule has 5 rings (SSSR count). The molecule has 0 spiro atoms. The van der Waals surface area contributed by atoms with Gasteiger partial charge in [0.15, 0.2) is 0 Å². The molecule has 39 heavy (non-hydrogen) atoms. The van der Waals surface area contributed by atoms with E-state index in [0.29, 0.717) is 13.0 Å². The number of amides is 1. The number of carbonyl (C=O) groups is 1. The standard InChI is InChI=1S/C32H37FN4O2/c1-23(19-24-10-12-25(13-11-24)26-14-15-34-30(33)21-26)20-31(38)36-16-5-7-27(22-36)32-35-28-8-3-4-9-29(28)37(32)17-6-18-39-2/h3-4,8-15,21,23,27H,5-7,16-20,22H2,1-2H3/t23-,27-/m1/s1. The van der Waals surface area contributed by atoms with Crippen molar-refractivity contribution in [1.82, 2.24) is 19.4 Å². The second kappa shape index (κ2) is 12.5. The van der Waals surface area contributed by atoms with E-state index in [1.165, 1.54) is 17.8 Å². The number of piperidine rings is 1. The Kier molecular flexibility index (Phi) is 8.67. The van der Waals surface area contributed by atoms with Gasteiger partial charge in [0.2, 0.25) is 11.9 Å². The van der Waals surface area contributed by atoms with Gasteiger partial charge in [-0.25, -0.2) is 9.97 Å². The minimum Gasteiger partial charge on any atom is -0.385 e. The molecule has 1 saturated heterocycles. The second-order valence-electron chi connectivity index (χ2n) is 10.7. The van der Waals surface area contributed by atoms with Crippen LogP contribution in [0.2, 0.25) is 0 Å². The van der Waals surface area contributed by atoms with Crippen LogP contribution in [-0.2, 0) is 22.5 Å². The molecule has 2 atom stereocenters. The molecule has 1 aliphatic rings. The first kappa shape index (κ1) is 27.0. The molecule has 6 nitrogen and oxygen atoms in total. The molecule has 1 fully saturated rings. The summed E-state index contributed by atoms with van der Waals surface area (Å²) in [4.78, 5) is 24.0. The van der Waals surface area contributed by atoms with Crippen molar-refractivity contribution in [2.45, 2.75) is 51.5 Å². The molecule has 204 valence electrons. The van der Waals surface area contributed by atoms with Gasteiger partial charge >= 0.3 is 0 Å². The number of ether oxygens (including phenoxy) is 1. The summed E-state index contributed by atoms with van der Waals surface area (Å²) in [5.74, 6) is 1.29. The first-order valence-corrected chi connectivity index (χ1v) is 13.9. The highest BCUT2D eigenvalue weighted by molar-refractivity contribution is 5.77. The van der Waals surface area contributed by atoms with Crippen molar-refractivity contribution in [3.63, 3.8) is 0 Å². The number of halogens is 1. The van der Waals surface area contributed by atoms with E-state index in [9.17, 15) is 9.18 Å². The quantitative estimate of drug-likeness (QED) is 0.180. The SMILES string of the molecule is COCCCn1c([C@@H]2CCCN(C(=O)C[C@H](C)Cc3ccc(-c4ccnc(F)c4)cc3)C2)nc2ccccc21. The Hall–Kier alpha value is -3.58. The molecule has 2 aromatic heterocycles. The topological polar surface area (TPSA) is 60.2 Å². The Balaban J connectivity index is 1.21. The number of hydrogen-bond acceptors (Lipinski definition) is 4. The second-order valence-corrected chi connectivity index (χ2v) is 10.7. The van der Waals surface area contributed by atoms with Gasteiger partial charge in [-0.05, 0) is 66.5 Å². The fourth-order valence-electron chi connectivity index (χ4n) is 5.74. The van der Waals surface area contributed by atoms with Crippen LogP contribution in [0.15, 0.2) is 66.9 Å². The average molecular weight is 529 g/mol. The Morgan fingerprint density at radius 3 is 2.74 bits per heavy atom. The van der Waals surface area contributed by atoms with E-state index in [2.05, 4.69) is 46.8 Å². The monoisotopic (exact) mass is 528 g/mol. The zero-order valence-electron chi connectivity index (χ0n) is 22.9. The van der Waals surface area contributed by atoms with E-state index >= 15 is 0 Å². The van der Waals surface area contributed by atoms with E-state index in [1.807, 2.05) is 23.1 Å². The van der Waals surface area contributed by atoms with E-state index in [0.717, 1.165) is 73.3 Å². The van der Waals surface area contributed by atoms with Gasteiger partial charge in [-0.2, -0.15) is 4.39 Å². The molecule has 3 heterocycles. The zero-order valence-corrected chi connectivity index (χ0v) is 22.9. The highest BCUT2D eigenvalue weighted by atomic mass is 19.1. The molecule has 1 amide bonds. The number of fused-ring (bicyclic) bond motifs is 1. The third-order valence-electron chi connectivity index (χ3n) is 7.67. The molecule has 0 unspecified atom stereocenters. The Bertz CT molecular complexity index is 1400. The molecule has 0 bridgehead atoms. The van der Waals surface area contributed by atoms with E-state index in [1.54, 1.807) is 13.2 Å². The van der Waals surface area contributed by atoms with E-state index in [-0.39, 0.29) is 17.7 Å². The van der Waals surface area contributed by atoms with Gasteiger partial charge in [0.25, 0.3) is 0 Å². The van der Waals surface area contributed by atoms with Crippen molar-refractivity contribution in [1.29, 1.82) is 0 Å². The van der Waals surface area contributed by atoms with Crippen LogP contribution in [0.3, 0.4) is 0 Å². The minimum atomic E-state index is -0.480. The first-order valence-electron chi connectivity index (χ1n) is 13.9. The average Bonchev–Trinajstić information content (AvgIpc) is 3.32. The summed E-state index contributed by atoms with van der Waals surface area (Å²) >= 11 is 0. The maximum Gasteiger partial charge on any atom is 0.222 e. The van der Waals surface area contributed by atoms with Gasteiger partial charge in [-0.3, -0.25) is 4.79 Å². The predicted octanol–water partition coefficient (Wildman–Crippen LogP) is 6.25. The van der Waals surface area contributed by atoms with Gasteiger partial charge in [-0.1, -0.05) is 43.3 Å². The normalized spacial score (nSPS) is 16.5. The molecule has 0 aliphatic carbocycles. The largest absolute Gasteiger partial charge is 0.385 e. The number of nitrogens with zero attached hydrogens (tertiary/aromatic N) is 4. The lowest BCUT2D eigenvalue weighted by Crippen LogP contribution is -2.40. The number of rotatable bonds is 10. The van der Waals surface area contributed by atoms with Crippen molar-refractivity contribution >= 4 is 16.9 Å². The van der Waals surface area contributed by atoms with Crippen LogP contribution in [0.25, 0.3) is 22.2 Å². The Morgan fingerprint density at radius 1 is 1.13 bits per heavy atom. The maximum atomic E-state index is 13.5. The number of aryl methyl sites for hydroxylation is 1. The van der Waals surface area contributed by atoms with E-state index in [4.69, 9.17) is 9.72 Å². The van der Waals surface area contributed by atoms with Gasteiger partial charge in [0.05, 0.1) is 11.0 Å². The van der Waals surface area contributed by atoms with Crippen LogP contribution in [0.4, 0.5) is 4.39 Å². The lowest BCUT2D eigenvalue weighted by molar-refractivity contribution is -0.133. The zero-order chi connectivity index (χ0) is 27.2. The number of pyridine rings is 1. The molecule has 0 saturated carbocycles. The van der Waals surface area contributed by atoms with Crippen molar-refractivity contribution in [3.8, 4) is 11.1 Å². The highest BCUT2D eigenvalue weighted by Gasteiger charge is 2.29. The molecule has 1 aliphatic heterocycles. The number of carbonyl (C=O) groups excluding carboxylic acids is 1. The smallest absolute Gasteiger partial charge is 0.222 e. The van der Waals surface area contributed by atoms with Crippen LogP contribution >= 0.6 is 0 Å². The molecular formula is C32H37FN4O2. The van der Waals surface area contributed by atoms with Crippen LogP contribution in [0.5, 0.6) is 0 Å². The molecule has 0 N–H and O–H groups in total. The highest BCUT2D eigenvalue weighted by Crippen LogP contribution is 2.30. The Morgan fingerprint density at radius 2 is 1.95 bits per heavy atom. The molecular weight excluding hydrogens is 491 g/mol. The van der Waals surface area contributed by atoms with Crippen molar-refractivity contribution < 1.29 is 13.9 Å². The summed E-state index contributed by atoms with van der Waals surface area (Å²) in [5.41, 5.74) is 5.11. The van der Waals surface area contributed by atoms with Gasteiger partial charge in [0, 0.05) is 58.0 Å². The summed E-state index contributed by atoms with van der Waals surface area (Å²) < 4.78 is 21.1. The summed E-state index contributed by atoms with van der Waals surface area (Å²) in [6, 6.07) is 19.7. The summed E-state index contributed by atoms with van der Waals surface area (Å²) in [7, 11) is 1.73. The molecule has 4 aromatic rings. The summed E-state index contributed by atoms with van der Waals surface area (Å²) in [6.45, 7) is 5.24. The van der Waals surface area contributed by atoms with Crippen LogP contribution in [0.1, 0.15) is 49.9 Å². The number of aromatic nitrogens is 3. The van der Waals surface area contributed by atoms with Crippen LogP contribution < -0.4 is 0 Å². The van der Waals surface area contributed by atoms with Gasteiger partial charge < -0.3 is 14.2 Å². The molecule has 0 radical (unpaired) electrons.